The van der Waals surface area contributed by atoms with Crippen LogP contribution in [0.5, 0.6) is 0 Å². The van der Waals surface area contributed by atoms with Crippen LogP contribution >= 0.6 is 0 Å². The lowest BCUT2D eigenvalue weighted by molar-refractivity contribution is -0.177. The Bertz CT molecular complexity index is 328. The van der Waals surface area contributed by atoms with E-state index in [0.717, 1.165) is 0 Å². The van der Waals surface area contributed by atoms with E-state index in [1.54, 1.807) is 0 Å². The monoisotopic (exact) mass is 254 g/mol. The Kier molecular flexibility index (Phi) is 5.36. The molecular formula is C9H13F3N2O3. The number of aryl methyl sites for hydroxylation is 1. The molecule has 0 amide bonds. The number of aromatic nitrogens is 2. The van der Waals surface area contributed by atoms with Crippen LogP contribution in [0.15, 0.2) is 4.52 Å². The zero-order valence-electron chi connectivity index (χ0n) is 9.03. The molecule has 1 heterocycles. The van der Waals surface area contributed by atoms with E-state index in [-0.39, 0.29) is 19.0 Å². The first-order valence-electron chi connectivity index (χ1n) is 5.08. The van der Waals surface area contributed by atoms with Crippen LogP contribution in [0.1, 0.15) is 24.6 Å². The Morgan fingerprint density at radius 2 is 2.06 bits per heavy atom. The van der Waals surface area contributed by atoms with Crippen molar-refractivity contribution in [1.29, 1.82) is 0 Å². The van der Waals surface area contributed by atoms with Gasteiger partial charge in [-0.25, -0.2) is 0 Å². The summed E-state index contributed by atoms with van der Waals surface area (Å²) in [5.74, 6) is 0.428. The van der Waals surface area contributed by atoms with E-state index in [9.17, 15) is 13.2 Å². The fourth-order valence-electron chi connectivity index (χ4n) is 1.10. The zero-order valence-corrected chi connectivity index (χ0v) is 9.03. The molecule has 0 aliphatic rings. The molecule has 1 aromatic heterocycles. The van der Waals surface area contributed by atoms with Crippen molar-refractivity contribution >= 4 is 0 Å². The van der Waals surface area contributed by atoms with Gasteiger partial charge in [-0.1, -0.05) is 5.16 Å². The summed E-state index contributed by atoms with van der Waals surface area (Å²) in [5.41, 5.74) is 0. The van der Waals surface area contributed by atoms with Crippen LogP contribution in [0.4, 0.5) is 13.2 Å². The summed E-state index contributed by atoms with van der Waals surface area (Å²) in [5, 5.41) is 12.0. The van der Waals surface area contributed by atoms with Gasteiger partial charge in [0.05, 0.1) is 0 Å². The third kappa shape index (κ3) is 6.22. The maximum Gasteiger partial charge on any atom is 0.411 e. The highest BCUT2D eigenvalue weighted by Crippen LogP contribution is 2.15. The first-order chi connectivity index (χ1) is 8.01. The molecule has 0 bridgehead atoms. The van der Waals surface area contributed by atoms with Crippen LogP contribution in [0, 0.1) is 0 Å². The van der Waals surface area contributed by atoms with Crippen molar-refractivity contribution in [2.45, 2.75) is 32.0 Å². The zero-order chi connectivity index (χ0) is 12.7. The van der Waals surface area contributed by atoms with Gasteiger partial charge >= 0.3 is 6.18 Å². The summed E-state index contributed by atoms with van der Waals surface area (Å²) in [6.45, 7) is -1.58. The van der Waals surface area contributed by atoms with Crippen LogP contribution in [0.2, 0.25) is 0 Å². The van der Waals surface area contributed by atoms with Crippen molar-refractivity contribution in [2.75, 3.05) is 13.2 Å². The van der Waals surface area contributed by atoms with Gasteiger partial charge in [0, 0.05) is 13.0 Å². The SMILES string of the molecule is OCCCCc1nc(COCC(F)(F)F)no1. The van der Waals surface area contributed by atoms with E-state index >= 15 is 0 Å². The van der Waals surface area contributed by atoms with E-state index in [2.05, 4.69) is 14.9 Å². The standard InChI is InChI=1S/C9H13F3N2O3/c10-9(11,12)6-16-5-7-13-8(17-14-7)3-1-2-4-15/h15H,1-6H2. The Labute approximate surface area is 95.6 Å². The highest BCUT2D eigenvalue weighted by molar-refractivity contribution is 4.84. The van der Waals surface area contributed by atoms with Gasteiger partial charge in [0.1, 0.15) is 13.2 Å². The second kappa shape index (κ2) is 6.55. The predicted octanol–water partition coefficient (Wildman–Crippen LogP) is 1.46. The van der Waals surface area contributed by atoms with E-state index in [4.69, 9.17) is 9.63 Å². The van der Waals surface area contributed by atoms with Gasteiger partial charge in [0.15, 0.2) is 5.82 Å². The number of halogens is 3. The van der Waals surface area contributed by atoms with E-state index < -0.39 is 12.8 Å². The summed E-state index contributed by atoms with van der Waals surface area (Å²) < 4.78 is 44.4. The van der Waals surface area contributed by atoms with Gasteiger partial charge < -0.3 is 14.4 Å². The first kappa shape index (κ1) is 13.9. The summed E-state index contributed by atoms with van der Waals surface area (Å²) in [4.78, 5) is 3.85. The van der Waals surface area contributed by atoms with Gasteiger partial charge in [-0.3, -0.25) is 0 Å². The van der Waals surface area contributed by atoms with Gasteiger partial charge in [-0.15, -0.1) is 0 Å². The quantitative estimate of drug-likeness (QED) is 0.746. The molecule has 0 aromatic carbocycles. The number of aliphatic hydroxyl groups is 1. The minimum Gasteiger partial charge on any atom is -0.396 e. The second-order valence-corrected chi connectivity index (χ2v) is 3.39. The molecule has 98 valence electrons. The molecule has 1 rings (SSSR count). The summed E-state index contributed by atoms with van der Waals surface area (Å²) in [6, 6.07) is 0. The highest BCUT2D eigenvalue weighted by atomic mass is 19.4. The Morgan fingerprint density at radius 1 is 1.29 bits per heavy atom. The van der Waals surface area contributed by atoms with E-state index in [1.807, 2.05) is 0 Å². The molecular weight excluding hydrogens is 241 g/mol. The second-order valence-electron chi connectivity index (χ2n) is 3.39. The molecule has 17 heavy (non-hydrogen) atoms. The molecule has 0 aliphatic carbocycles. The fourth-order valence-corrected chi connectivity index (χ4v) is 1.10. The molecule has 1 N–H and O–H groups in total. The summed E-state index contributed by atoms with van der Waals surface area (Å²) >= 11 is 0. The first-order valence-corrected chi connectivity index (χ1v) is 5.08. The van der Waals surface area contributed by atoms with Crippen LogP contribution in [0.3, 0.4) is 0 Å². The van der Waals surface area contributed by atoms with Gasteiger partial charge in [-0.2, -0.15) is 18.2 Å². The topological polar surface area (TPSA) is 68.4 Å². The lowest BCUT2D eigenvalue weighted by Gasteiger charge is -2.04. The molecule has 0 atom stereocenters. The van der Waals surface area contributed by atoms with Crippen molar-refractivity contribution in [3.05, 3.63) is 11.7 Å². The molecule has 0 saturated carbocycles. The van der Waals surface area contributed by atoms with Gasteiger partial charge in [0.25, 0.3) is 0 Å². The largest absolute Gasteiger partial charge is 0.411 e. The minimum absolute atomic E-state index is 0.0791. The summed E-state index contributed by atoms with van der Waals surface area (Å²) in [6.07, 6.45) is -2.57. The average Bonchev–Trinajstić information content (AvgIpc) is 2.64. The number of unbranched alkanes of at least 4 members (excludes halogenated alkanes) is 1. The summed E-state index contributed by atoms with van der Waals surface area (Å²) in [7, 11) is 0. The Hall–Kier alpha value is -1.15. The molecule has 5 nitrogen and oxygen atoms in total. The Balaban J connectivity index is 2.26. The maximum atomic E-state index is 11.8. The number of aliphatic hydroxyl groups excluding tert-OH is 1. The molecule has 0 fully saturated rings. The third-order valence-corrected chi connectivity index (χ3v) is 1.81. The molecule has 1 aromatic rings. The molecule has 0 spiro atoms. The van der Waals surface area contributed by atoms with Crippen molar-refractivity contribution in [3.8, 4) is 0 Å². The maximum absolute atomic E-state index is 11.8. The van der Waals surface area contributed by atoms with Crippen molar-refractivity contribution < 1.29 is 27.5 Å². The fraction of sp³-hybridized carbons (Fsp3) is 0.778. The number of hydrogen-bond acceptors (Lipinski definition) is 5. The average molecular weight is 254 g/mol. The van der Waals surface area contributed by atoms with Crippen LogP contribution in [-0.2, 0) is 17.8 Å². The lowest BCUT2D eigenvalue weighted by atomic mass is 10.2. The third-order valence-electron chi connectivity index (χ3n) is 1.81. The smallest absolute Gasteiger partial charge is 0.396 e. The predicted molar refractivity (Wildman–Crippen MR) is 50.0 cm³/mol. The van der Waals surface area contributed by atoms with Crippen LogP contribution in [0.25, 0.3) is 0 Å². The lowest BCUT2D eigenvalue weighted by Crippen LogP contribution is -2.16. The van der Waals surface area contributed by atoms with Crippen molar-refractivity contribution in [1.82, 2.24) is 10.1 Å². The van der Waals surface area contributed by atoms with E-state index in [0.29, 0.717) is 25.2 Å². The number of alkyl halides is 3. The molecule has 8 heteroatoms. The van der Waals surface area contributed by atoms with Crippen molar-refractivity contribution in [2.24, 2.45) is 0 Å². The minimum atomic E-state index is -4.35. The normalized spacial score (nSPS) is 12.0. The van der Waals surface area contributed by atoms with Crippen LogP contribution < -0.4 is 0 Å². The number of hydrogen-bond donors (Lipinski definition) is 1. The molecule has 0 saturated heterocycles. The van der Waals surface area contributed by atoms with Crippen LogP contribution in [-0.4, -0.2) is 34.6 Å². The van der Waals surface area contributed by atoms with Crippen molar-refractivity contribution in [3.63, 3.8) is 0 Å². The highest BCUT2D eigenvalue weighted by Gasteiger charge is 2.27. The molecule has 0 unspecified atom stereocenters. The number of nitrogens with zero attached hydrogens (tertiary/aromatic N) is 2. The molecule has 0 radical (unpaired) electrons. The number of rotatable bonds is 7. The molecule has 0 aliphatic heterocycles. The van der Waals surface area contributed by atoms with Gasteiger partial charge in [0.2, 0.25) is 5.89 Å². The van der Waals surface area contributed by atoms with E-state index in [1.165, 1.54) is 0 Å². The van der Waals surface area contributed by atoms with Gasteiger partial charge in [-0.05, 0) is 12.8 Å². The number of ether oxygens (including phenoxy) is 1. The Morgan fingerprint density at radius 3 is 2.71 bits per heavy atom.